The van der Waals surface area contributed by atoms with Gasteiger partial charge in [-0.25, -0.2) is 13.1 Å². The molecule has 1 aliphatic carbocycles. The van der Waals surface area contributed by atoms with Gasteiger partial charge in [0.2, 0.25) is 10.0 Å². The predicted molar refractivity (Wildman–Crippen MR) is 80.7 cm³/mol. The van der Waals surface area contributed by atoms with E-state index in [9.17, 15) is 8.42 Å². The number of anilines is 1. The molecule has 1 fully saturated rings. The summed E-state index contributed by atoms with van der Waals surface area (Å²) in [4.78, 5) is 0.0490. The van der Waals surface area contributed by atoms with Gasteiger partial charge >= 0.3 is 0 Å². The van der Waals surface area contributed by atoms with Gasteiger partial charge in [-0.2, -0.15) is 0 Å². The number of aryl methyl sites for hydroxylation is 1. The van der Waals surface area contributed by atoms with Crippen molar-refractivity contribution < 1.29 is 18.3 Å². The van der Waals surface area contributed by atoms with Gasteiger partial charge in [0, 0.05) is 18.8 Å². The Hall–Kier alpha value is -1.31. The van der Waals surface area contributed by atoms with Crippen molar-refractivity contribution in [1.29, 1.82) is 0 Å². The van der Waals surface area contributed by atoms with Gasteiger partial charge in [0.25, 0.3) is 0 Å². The molecule has 0 aromatic heterocycles. The fourth-order valence-corrected chi connectivity index (χ4v) is 3.64. The van der Waals surface area contributed by atoms with E-state index in [0.717, 1.165) is 18.4 Å². The van der Waals surface area contributed by atoms with Crippen LogP contribution >= 0.6 is 0 Å². The summed E-state index contributed by atoms with van der Waals surface area (Å²) >= 11 is 0. The van der Waals surface area contributed by atoms with Crippen molar-refractivity contribution in [2.45, 2.75) is 31.1 Å². The highest BCUT2D eigenvalue weighted by Gasteiger charge is 2.42. The molecule has 4 N–H and O–H groups in total. The Labute approximate surface area is 125 Å². The van der Waals surface area contributed by atoms with Crippen LogP contribution in [-0.4, -0.2) is 33.8 Å². The van der Waals surface area contributed by atoms with E-state index < -0.39 is 10.0 Å². The SMILES string of the molecule is COc1cc(C)c(N)cc1S(=O)(=O)NCC1(CCO)CC1. The van der Waals surface area contributed by atoms with Crippen LogP contribution in [0.5, 0.6) is 5.75 Å². The Kier molecular flexibility index (Phi) is 4.46. The average molecular weight is 314 g/mol. The van der Waals surface area contributed by atoms with E-state index in [4.69, 9.17) is 15.6 Å². The van der Waals surface area contributed by atoms with Gasteiger partial charge in [-0.1, -0.05) is 0 Å². The van der Waals surface area contributed by atoms with Gasteiger partial charge in [-0.3, -0.25) is 0 Å². The second-order valence-corrected chi connectivity index (χ2v) is 7.39. The number of sulfonamides is 1. The highest BCUT2D eigenvalue weighted by Crippen LogP contribution is 2.48. The van der Waals surface area contributed by atoms with Crippen LogP contribution in [0, 0.1) is 12.3 Å². The number of methoxy groups -OCH3 is 1. The van der Waals surface area contributed by atoms with Crippen molar-refractivity contribution in [3.8, 4) is 5.75 Å². The van der Waals surface area contributed by atoms with E-state index in [-0.39, 0.29) is 22.7 Å². The third-order valence-electron chi connectivity index (χ3n) is 4.08. The lowest BCUT2D eigenvalue weighted by Gasteiger charge is -2.17. The number of nitrogen functional groups attached to an aromatic ring is 1. The number of aliphatic hydroxyl groups is 1. The topological polar surface area (TPSA) is 102 Å². The molecule has 7 heteroatoms. The number of rotatable bonds is 7. The molecule has 0 radical (unpaired) electrons. The number of hydrogen-bond donors (Lipinski definition) is 3. The molecule has 0 spiro atoms. The second kappa shape index (κ2) is 5.82. The minimum absolute atomic E-state index is 0.0490. The molecule has 1 aromatic rings. The van der Waals surface area contributed by atoms with Gasteiger partial charge in [0.15, 0.2) is 0 Å². The average Bonchev–Trinajstić information content (AvgIpc) is 3.20. The summed E-state index contributed by atoms with van der Waals surface area (Å²) in [6.07, 6.45) is 2.48. The Balaban J connectivity index is 2.21. The lowest BCUT2D eigenvalue weighted by atomic mass is 10.0. The zero-order chi connectivity index (χ0) is 15.7. The maximum atomic E-state index is 12.4. The second-order valence-electron chi connectivity index (χ2n) is 5.66. The normalized spacial score (nSPS) is 16.7. The first kappa shape index (κ1) is 16.1. The van der Waals surface area contributed by atoms with E-state index >= 15 is 0 Å². The first-order valence-electron chi connectivity index (χ1n) is 6.88. The number of aliphatic hydroxyl groups excluding tert-OH is 1. The Morgan fingerprint density at radius 1 is 1.43 bits per heavy atom. The third-order valence-corrected chi connectivity index (χ3v) is 5.50. The highest BCUT2D eigenvalue weighted by molar-refractivity contribution is 7.89. The maximum absolute atomic E-state index is 12.4. The fourth-order valence-electron chi connectivity index (χ4n) is 2.30. The molecular weight excluding hydrogens is 292 g/mol. The molecule has 1 saturated carbocycles. The number of benzene rings is 1. The van der Waals surface area contributed by atoms with Crippen molar-refractivity contribution in [2.75, 3.05) is 26.0 Å². The Bertz CT molecular complexity index is 624. The molecule has 1 aliphatic rings. The van der Waals surface area contributed by atoms with Crippen LogP contribution < -0.4 is 15.2 Å². The van der Waals surface area contributed by atoms with E-state index in [1.54, 1.807) is 13.0 Å². The molecule has 1 aromatic carbocycles. The fraction of sp³-hybridized carbons (Fsp3) is 0.571. The quantitative estimate of drug-likeness (QED) is 0.652. The van der Waals surface area contributed by atoms with Gasteiger partial charge in [0.1, 0.15) is 10.6 Å². The van der Waals surface area contributed by atoms with Crippen LogP contribution in [0.2, 0.25) is 0 Å². The van der Waals surface area contributed by atoms with Crippen LogP contribution in [-0.2, 0) is 10.0 Å². The van der Waals surface area contributed by atoms with Crippen LogP contribution in [0.3, 0.4) is 0 Å². The molecule has 0 atom stereocenters. The van der Waals surface area contributed by atoms with Gasteiger partial charge in [0.05, 0.1) is 7.11 Å². The minimum atomic E-state index is -3.69. The Morgan fingerprint density at radius 3 is 2.62 bits per heavy atom. The third kappa shape index (κ3) is 3.48. The van der Waals surface area contributed by atoms with Crippen LogP contribution in [0.25, 0.3) is 0 Å². The summed E-state index contributed by atoms with van der Waals surface area (Å²) in [7, 11) is -2.26. The molecule has 118 valence electrons. The van der Waals surface area contributed by atoms with E-state index in [0.29, 0.717) is 18.7 Å². The molecule has 0 saturated heterocycles. The number of ether oxygens (including phenoxy) is 1. The largest absolute Gasteiger partial charge is 0.495 e. The van der Waals surface area contributed by atoms with Crippen molar-refractivity contribution in [3.63, 3.8) is 0 Å². The van der Waals surface area contributed by atoms with Gasteiger partial charge in [-0.05, 0) is 49.3 Å². The summed E-state index contributed by atoms with van der Waals surface area (Å²) in [5, 5.41) is 9.02. The minimum Gasteiger partial charge on any atom is -0.495 e. The lowest BCUT2D eigenvalue weighted by molar-refractivity contribution is 0.249. The molecule has 0 heterocycles. The standard InChI is InChI=1S/C14H22N2O4S/c1-10-7-12(20-2)13(8-11(10)15)21(18,19)16-9-14(3-4-14)5-6-17/h7-8,16-17H,3-6,9,15H2,1-2H3. The van der Waals surface area contributed by atoms with Gasteiger partial charge < -0.3 is 15.6 Å². The van der Waals surface area contributed by atoms with Gasteiger partial charge in [-0.15, -0.1) is 0 Å². The number of hydrogen-bond acceptors (Lipinski definition) is 5. The van der Waals surface area contributed by atoms with E-state index in [1.807, 2.05) is 0 Å². The van der Waals surface area contributed by atoms with Crippen molar-refractivity contribution >= 4 is 15.7 Å². The zero-order valence-electron chi connectivity index (χ0n) is 12.3. The van der Waals surface area contributed by atoms with E-state index in [2.05, 4.69) is 4.72 Å². The summed E-state index contributed by atoms with van der Waals surface area (Å²) in [6.45, 7) is 2.19. The summed E-state index contributed by atoms with van der Waals surface area (Å²) in [6, 6.07) is 3.03. The smallest absolute Gasteiger partial charge is 0.244 e. The van der Waals surface area contributed by atoms with Crippen molar-refractivity contribution in [3.05, 3.63) is 17.7 Å². The maximum Gasteiger partial charge on any atom is 0.244 e. The highest BCUT2D eigenvalue weighted by atomic mass is 32.2. The molecule has 6 nitrogen and oxygen atoms in total. The molecule has 0 unspecified atom stereocenters. The molecule has 0 amide bonds. The van der Waals surface area contributed by atoms with Crippen LogP contribution in [0.1, 0.15) is 24.8 Å². The Morgan fingerprint density at radius 2 is 2.10 bits per heavy atom. The first-order chi connectivity index (χ1) is 9.83. The van der Waals surface area contributed by atoms with E-state index in [1.165, 1.54) is 13.2 Å². The summed E-state index contributed by atoms with van der Waals surface area (Å²) < 4.78 is 32.6. The number of nitrogens with two attached hydrogens (primary N) is 1. The summed E-state index contributed by atoms with van der Waals surface area (Å²) in [5.74, 6) is 0.279. The monoisotopic (exact) mass is 314 g/mol. The number of nitrogens with one attached hydrogen (secondary N) is 1. The molecule has 21 heavy (non-hydrogen) atoms. The molecular formula is C14H22N2O4S. The van der Waals surface area contributed by atoms with Crippen molar-refractivity contribution in [1.82, 2.24) is 4.72 Å². The zero-order valence-corrected chi connectivity index (χ0v) is 13.2. The van der Waals surface area contributed by atoms with Crippen LogP contribution in [0.15, 0.2) is 17.0 Å². The summed E-state index contributed by atoms with van der Waals surface area (Å²) in [5.41, 5.74) is 6.89. The molecule has 2 rings (SSSR count). The lowest BCUT2D eigenvalue weighted by Crippen LogP contribution is -2.31. The molecule has 0 bridgehead atoms. The molecule has 0 aliphatic heterocycles. The first-order valence-corrected chi connectivity index (χ1v) is 8.36. The predicted octanol–water partition coefficient (Wildman–Crippen LogP) is 1.03. The van der Waals surface area contributed by atoms with Crippen LogP contribution in [0.4, 0.5) is 5.69 Å². The van der Waals surface area contributed by atoms with Crippen molar-refractivity contribution in [2.24, 2.45) is 5.41 Å².